The summed E-state index contributed by atoms with van der Waals surface area (Å²) < 4.78 is 15.9. The molecule has 2 N–H and O–H groups in total. The van der Waals surface area contributed by atoms with Gasteiger partial charge in [-0.25, -0.2) is 0 Å². The van der Waals surface area contributed by atoms with Crippen molar-refractivity contribution in [1.29, 1.82) is 0 Å². The maximum absolute atomic E-state index is 12.8. The molecule has 0 saturated carbocycles. The van der Waals surface area contributed by atoms with Crippen molar-refractivity contribution in [2.75, 3.05) is 20.3 Å². The molecular formula is C26H28N2O5. The van der Waals surface area contributed by atoms with E-state index >= 15 is 0 Å². The van der Waals surface area contributed by atoms with E-state index in [2.05, 4.69) is 10.6 Å². The lowest BCUT2D eigenvalue weighted by Gasteiger charge is -2.11. The molecule has 1 heterocycles. The molecule has 0 aliphatic carbocycles. The zero-order chi connectivity index (χ0) is 23.5. The van der Waals surface area contributed by atoms with E-state index in [0.717, 1.165) is 24.2 Å². The molecule has 3 aromatic rings. The SMILES string of the molecule is CCOc1ccc(CCCNC(=O)/C(=C/c2ccco2)NC(=O)c2ccc(OC)cc2)cc1. The Balaban J connectivity index is 1.58. The van der Waals surface area contributed by atoms with Gasteiger partial charge in [0, 0.05) is 18.2 Å². The third-order valence-electron chi connectivity index (χ3n) is 4.84. The highest BCUT2D eigenvalue weighted by molar-refractivity contribution is 6.05. The smallest absolute Gasteiger partial charge is 0.267 e. The standard InChI is InChI=1S/C26H28N2O5/c1-3-32-22-12-8-19(9-13-22)6-4-16-27-26(30)24(18-23-7-5-17-33-23)28-25(29)20-10-14-21(31-2)15-11-20/h5,7-15,17-18H,3-4,6,16H2,1-2H3,(H,27,30)(H,28,29)/b24-18-. The van der Waals surface area contributed by atoms with Gasteiger partial charge < -0.3 is 24.5 Å². The van der Waals surface area contributed by atoms with Gasteiger partial charge in [-0.05, 0) is 73.9 Å². The average molecular weight is 449 g/mol. The van der Waals surface area contributed by atoms with Crippen LogP contribution in [0.5, 0.6) is 11.5 Å². The first-order chi connectivity index (χ1) is 16.1. The number of nitrogens with one attached hydrogen (secondary N) is 2. The number of furan rings is 1. The Labute approximate surface area is 193 Å². The highest BCUT2D eigenvalue weighted by atomic mass is 16.5. The monoisotopic (exact) mass is 448 g/mol. The van der Waals surface area contributed by atoms with Crippen LogP contribution in [0.1, 0.15) is 35.0 Å². The molecule has 0 radical (unpaired) electrons. The summed E-state index contributed by atoms with van der Waals surface area (Å²) in [5, 5.41) is 5.54. The van der Waals surface area contributed by atoms with Gasteiger partial charge in [-0.15, -0.1) is 0 Å². The van der Waals surface area contributed by atoms with Crippen LogP contribution in [0, 0.1) is 0 Å². The zero-order valence-electron chi connectivity index (χ0n) is 18.8. The lowest BCUT2D eigenvalue weighted by atomic mass is 10.1. The summed E-state index contributed by atoms with van der Waals surface area (Å²) in [7, 11) is 1.56. The maximum Gasteiger partial charge on any atom is 0.267 e. The molecule has 0 spiro atoms. The number of carbonyl (C=O) groups excluding carboxylic acids is 2. The van der Waals surface area contributed by atoms with Gasteiger partial charge in [0.2, 0.25) is 0 Å². The fourth-order valence-electron chi connectivity index (χ4n) is 3.12. The van der Waals surface area contributed by atoms with E-state index in [-0.39, 0.29) is 11.6 Å². The first kappa shape index (κ1) is 23.7. The quantitative estimate of drug-likeness (QED) is 0.339. The number of methoxy groups -OCH3 is 1. The Hall–Kier alpha value is -4.00. The molecule has 0 atom stereocenters. The summed E-state index contributed by atoms with van der Waals surface area (Å²) in [5.74, 6) is 1.16. The summed E-state index contributed by atoms with van der Waals surface area (Å²) in [6.07, 6.45) is 4.56. The third kappa shape index (κ3) is 7.28. The highest BCUT2D eigenvalue weighted by Crippen LogP contribution is 2.14. The molecule has 1 aromatic heterocycles. The maximum atomic E-state index is 12.8. The van der Waals surface area contributed by atoms with Crippen LogP contribution in [0.4, 0.5) is 0 Å². The van der Waals surface area contributed by atoms with E-state index in [1.807, 2.05) is 31.2 Å². The van der Waals surface area contributed by atoms with Crippen LogP contribution in [-0.2, 0) is 11.2 Å². The van der Waals surface area contributed by atoms with Crippen molar-refractivity contribution in [2.24, 2.45) is 0 Å². The zero-order valence-corrected chi connectivity index (χ0v) is 18.8. The molecule has 0 aliphatic rings. The summed E-state index contributed by atoms with van der Waals surface area (Å²) in [6, 6.07) is 18.0. The normalized spacial score (nSPS) is 11.0. The minimum absolute atomic E-state index is 0.104. The van der Waals surface area contributed by atoms with Crippen molar-refractivity contribution < 1.29 is 23.5 Å². The van der Waals surface area contributed by atoms with Crippen LogP contribution in [0.2, 0.25) is 0 Å². The van der Waals surface area contributed by atoms with Gasteiger partial charge in [0.15, 0.2) is 0 Å². The van der Waals surface area contributed by atoms with Crippen LogP contribution < -0.4 is 20.1 Å². The molecule has 2 amide bonds. The number of ether oxygens (including phenoxy) is 2. The van der Waals surface area contributed by atoms with Crippen LogP contribution in [0.25, 0.3) is 6.08 Å². The number of benzene rings is 2. The predicted molar refractivity (Wildman–Crippen MR) is 126 cm³/mol. The molecule has 2 aromatic carbocycles. The van der Waals surface area contributed by atoms with Gasteiger partial charge >= 0.3 is 0 Å². The molecule has 0 unspecified atom stereocenters. The fourth-order valence-corrected chi connectivity index (χ4v) is 3.12. The second-order valence-electron chi connectivity index (χ2n) is 7.19. The van der Waals surface area contributed by atoms with Crippen molar-refractivity contribution >= 4 is 17.9 Å². The van der Waals surface area contributed by atoms with Crippen LogP contribution in [0.15, 0.2) is 77.0 Å². The van der Waals surface area contributed by atoms with E-state index in [1.54, 1.807) is 43.5 Å². The lowest BCUT2D eigenvalue weighted by Crippen LogP contribution is -2.35. The van der Waals surface area contributed by atoms with Crippen molar-refractivity contribution in [3.05, 3.63) is 89.5 Å². The number of hydrogen-bond donors (Lipinski definition) is 2. The Bertz CT molecular complexity index is 1060. The second-order valence-corrected chi connectivity index (χ2v) is 7.19. The summed E-state index contributed by atoms with van der Waals surface area (Å²) >= 11 is 0. The van der Waals surface area contributed by atoms with Gasteiger partial charge in [0.25, 0.3) is 11.8 Å². The predicted octanol–water partition coefficient (Wildman–Crippen LogP) is 4.21. The molecule has 0 aliphatic heterocycles. The highest BCUT2D eigenvalue weighted by Gasteiger charge is 2.15. The molecular weight excluding hydrogens is 420 g/mol. The topological polar surface area (TPSA) is 89.8 Å². The van der Waals surface area contributed by atoms with Crippen LogP contribution >= 0.6 is 0 Å². The van der Waals surface area contributed by atoms with Crippen molar-refractivity contribution in [3.63, 3.8) is 0 Å². The number of aryl methyl sites for hydroxylation is 1. The molecule has 7 nitrogen and oxygen atoms in total. The first-order valence-electron chi connectivity index (χ1n) is 10.8. The summed E-state index contributed by atoms with van der Waals surface area (Å²) in [4.78, 5) is 25.5. The summed E-state index contributed by atoms with van der Waals surface area (Å²) in [6.45, 7) is 3.04. The molecule has 0 saturated heterocycles. The van der Waals surface area contributed by atoms with Gasteiger partial charge in [-0.3, -0.25) is 9.59 Å². The Morgan fingerprint density at radius 3 is 2.36 bits per heavy atom. The second kappa shape index (κ2) is 12.1. The largest absolute Gasteiger partial charge is 0.497 e. The van der Waals surface area contributed by atoms with Crippen LogP contribution in [0.3, 0.4) is 0 Å². The molecule has 3 rings (SSSR count). The number of amides is 2. The van der Waals surface area contributed by atoms with E-state index in [1.165, 1.54) is 12.3 Å². The fraction of sp³-hybridized carbons (Fsp3) is 0.231. The average Bonchev–Trinajstić information content (AvgIpc) is 3.35. The number of carbonyl (C=O) groups is 2. The minimum atomic E-state index is -0.403. The van der Waals surface area contributed by atoms with E-state index in [0.29, 0.717) is 30.2 Å². The van der Waals surface area contributed by atoms with E-state index in [4.69, 9.17) is 13.9 Å². The molecule has 172 valence electrons. The van der Waals surface area contributed by atoms with Gasteiger partial charge in [0.05, 0.1) is 20.0 Å². The first-order valence-corrected chi connectivity index (χ1v) is 10.8. The van der Waals surface area contributed by atoms with E-state index in [9.17, 15) is 9.59 Å². The Morgan fingerprint density at radius 2 is 1.73 bits per heavy atom. The third-order valence-corrected chi connectivity index (χ3v) is 4.84. The van der Waals surface area contributed by atoms with E-state index < -0.39 is 5.91 Å². The van der Waals surface area contributed by atoms with Crippen LogP contribution in [-0.4, -0.2) is 32.1 Å². The minimum Gasteiger partial charge on any atom is -0.497 e. The van der Waals surface area contributed by atoms with Gasteiger partial charge in [-0.1, -0.05) is 12.1 Å². The summed E-state index contributed by atoms with van der Waals surface area (Å²) in [5.41, 5.74) is 1.67. The molecule has 0 bridgehead atoms. The number of rotatable bonds is 11. The lowest BCUT2D eigenvalue weighted by molar-refractivity contribution is -0.117. The molecule has 33 heavy (non-hydrogen) atoms. The Kier molecular flexibility index (Phi) is 8.71. The van der Waals surface area contributed by atoms with Crippen molar-refractivity contribution in [3.8, 4) is 11.5 Å². The van der Waals surface area contributed by atoms with Crippen molar-refractivity contribution in [2.45, 2.75) is 19.8 Å². The van der Waals surface area contributed by atoms with Gasteiger partial charge in [-0.2, -0.15) is 0 Å². The number of hydrogen-bond acceptors (Lipinski definition) is 5. The molecule has 7 heteroatoms. The molecule has 0 fully saturated rings. The Morgan fingerprint density at radius 1 is 1.00 bits per heavy atom. The van der Waals surface area contributed by atoms with Crippen molar-refractivity contribution in [1.82, 2.24) is 10.6 Å². The van der Waals surface area contributed by atoms with Gasteiger partial charge in [0.1, 0.15) is 23.0 Å².